The van der Waals surface area contributed by atoms with Crippen LogP contribution in [0.25, 0.3) is 0 Å². The summed E-state index contributed by atoms with van der Waals surface area (Å²) in [5.41, 5.74) is 11.5. The first-order valence-corrected chi connectivity index (χ1v) is 15.6. The predicted molar refractivity (Wildman–Crippen MR) is 186 cm³/mol. The molecule has 0 aromatic heterocycles. The van der Waals surface area contributed by atoms with Crippen molar-refractivity contribution in [1.29, 1.82) is 0 Å². The van der Waals surface area contributed by atoms with Crippen molar-refractivity contribution < 1.29 is 0 Å². The fourth-order valence-corrected chi connectivity index (χ4v) is 4.14. The molecule has 0 heteroatoms. The summed E-state index contributed by atoms with van der Waals surface area (Å²) in [5.74, 6) is 0. The molecule has 0 aliphatic carbocycles. The molecule has 0 N–H and O–H groups in total. The molecule has 0 saturated heterocycles. The third kappa shape index (κ3) is 25.7. The van der Waals surface area contributed by atoms with Crippen LogP contribution >= 0.6 is 0 Å². The average Bonchev–Trinajstić information content (AvgIpc) is 2.86. The van der Waals surface area contributed by atoms with Crippen molar-refractivity contribution in [1.82, 2.24) is 0 Å². The average molecular weight is 543 g/mol. The Hall–Kier alpha value is -2.60. The topological polar surface area (TPSA) is 0 Å². The van der Waals surface area contributed by atoms with E-state index in [-0.39, 0.29) is 0 Å². The van der Waals surface area contributed by atoms with Crippen molar-refractivity contribution in [3.63, 3.8) is 0 Å². The third-order valence-corrected chi connectivity index (χ3v) is 6.87. The number of allylic oxidation sites excluding steroid dienone is 20. The van der Waals surface area contributed by atoms with E-state index in [2.05, 4.69) is 142 Å². The van der Waals surface area contributed by atoms with Gasteiger partial charge in [-0.3, -0.25) is 0 Å². The maximum absolute atomic E-state index is 2.42. The molecule has 0 unspecified atom stereocenters. The number of hydrogen-bond acceptors (Lipinski definition) is 0. The van der Waals surface area contributed by atoms with Crippen LogP contribution in [0, 0.1) is 0 Å². The van der Waals surface area contributed by atoms with E-state index >= 15 is 0 Å². The lowest BCUT2D eigenvalue weighted by Crippen LogP contribution is -1.82. The van der Waals surface area contributed by atoms with E-state index in [0.29, 0.717) is 0 Å². The fourth-order valence-electron chi connectivity index (χ4n) is 4.14. The van der Waals surface area contributed by atoms with E-state index < -0.39 is 0 Å². The van der Waals surface area contributed by atoms with Crippen LogP contribution in [0.15, 0.2) is 117 Å². The smallest absolute Gasteiger partial charge is 0.0285 e. The van der Waals surface area contributed by atoms with Crippen LogP contribution in [0.2, 0.25) is 0 Å². The summed E-state index contributed by atoms with van der Waals surface area (Å²) in [4.78, 5) is 0. The first kappa shape index (κ1) is 37.4. The lowest BCUT2D eigenvalue weighted by molar-refractivity contribution is 0.900. The van der Waals surface area contributed by atoms with Gasteiger partial charge in [0.15, 0.2) is 0 Å². The molecule has 0 atom stereocenters. The lowest BCUT2D eigenvalue weighted by atomic mass is 10.0. The first-order chi connectivity index (χ1) is 19.0. The van der Waals surface area contributed by atoms with Crippen LogP contribution in [0.4, 0.5) is 0 Å². The standard InChI is InChI=1S/C40H62/c1-33(2)19-13-23-37(7)27-17-31-39(9)29-15-25-35(5)21-11-12-22-36(6)26-16-30-40(10)32-18-28-38(8)24-14-20-34(3)4/h11-12,15,19-22,25,27-30H,13-14,16-18,23-24,26,31-32H2,1-10H3/b12-11+,25-15+,35-21-,36-22+,37-27+,38-28+,39-29+,40-30+. The Kier molecular flexibility index (Phi) is 22.6. The highest BCUT2D eigenvalue weighted by atomic mass is 14.0. The normalized spacial score (nSPS) is 14.4. The Bertz CT molecular complexity index is 1010. The molecule has 0 aromatic rings. The van der Waals surface area contributed by atoms with Crippen molar-refractivity contribution >= 4 is 0 Å². The van der Waals surface area contributed by atoms with Crippen LogP contribution in [-0.2, 0) is 0 Å². The van der Waals surface area contributed by atoms with E-state index in [9.17, 15) is 0 Å². The Morgan fingerprint density at radius 3 is 1.07 bits per heavy atom. The molecule has 0 spiro atoms. The van der Waals surface area contributed by atoms with Gasteiger partial charge in [0, 0.05) is 0 Å². The van der Waals surface area contributed by atoms with Crippen molar-refractivity contribution in [3.05, 3.63) is 117 Å². The second-order valence-electron chi connectivity index (χ2n) is 12.1. The molecule has 0 radical (unpaired) electrons. The van der Waals surface area contributed by atoms with Gasteiger partial charge in [-0.2, -0.15) is 0 Å². The van der Waals surface area contributed by atoms with Gasteiger partial charge in [0.05, 0.1) is 0 Å². The zero-order valence-electron chi connectivity index (χ0n) is 28.0. The zero-order valence-corrected chi connectivity index (χ0v) is 28.0. The zero-order chi connectivity index (χ0) is 30.2. The largest absolute Gasteiger partial charge is 0.0856 e. The van der Waals surface area contributed by atoms with Gasteiger partial charge in [-0.25, -0.2) is 0 Å². The summed E-state index contributed by atoms with van der Waals surface area (Å²) < 4.78 is 0. The summed E-state index contributed by atoms with van der Waals surface area (Å²) in [5, 5.41) is 0. The Balaban J connectivity index is 4.39. The second kappa shape index (κ2) is 24.2. The highest BCUT2D eigenvalue weighted by Gasteiger charge is 1.94. The fraction of sp³-hybridized carbons (Fsp3) is 0.500. The van der Waals surface area contributed by atoms with Crippen molar-refractivity contribution in [2.24, 2.45) is 0 Å². The number of hydrogen-bond donors (Lipinski definition) is 0. The van der Waals surface area contributed by atoms with Gasteiger partial charge >= 0.3 is 0 Å². The molecule has 0 rings (SSSR count). The van der Waals surface area contributed by atoms with Crippen LogP contribution in [-0.4, -0.2) is 0 Å². The monoisotopic (exact) mass is 542 g/mol. The van der Waals surface area contributed by atoms with Crippen molar-refractivity contribution in [2.45, 2.75) is 133 Å². The summed E-state index contributed by atoms with van der Waals surface area (Å²) in [7, 11) is 0. The van der Waals surface area contributed by atoms with Gasteiger partial charge in [-0.15, -0.1) is 0 Å². The molecular formula is C40H62. The minimum absolute atomic E-state index is 1.12. The molecule has 222 valence electrons. The Morgan fingerprint density at radius 2 is 0.675 bits per heavy atom. The minimum atomic E-state index is 1.12. The van der Waals surface area contributed by atoms with E-state index in [0.717, 1.165) is 38.5 Å². The lowest BCUT2D eigenvalue weighted by Gasteiger charge is -2.02. The molecule has 0 aliphatic heterocycles. The molecule has 0 fully saturated rings. The summed E-state index contributed by atoms with van der Waals surface area (Å²) >= 11 is 0. The summed E-state index contributed by atoms with van der Waals surface area (Å²) in [6.07, 6.45) is 38.8. The van der Waals surface area contributed by atoms with Gasteiger partial charge in [0.1, 0.15) is 0 Å². The van der Waals surface area contributed by atoms with E-state index in [1.165, 1.54) is 70.3 Å². The van der Waals surface area contributed by atoms with Crippen molar-refractivity contribution in [2.75, 3.05) is 0 Å². The van der Waals surface area contributed by atoms with E-state index in [4.69, 9.17) is 0 Å². The molecule has 0 nitrogen and oxygen atoms in total. The van der Waals surface area contributed by atoms with Crippen LogP contribution in [0.3, 0.4) is 0 Å². The third-order valence-electron chi connectivity index (χ3n) is 6.87. The summed E-state index contributed by atoms with van der Waals surface area (Å²) in [6, 6.07) is 0. The summed E-state index contributed by atoms with van der Waals surface area (Å²) in [6.45, 7) is 22.1. The first-order valence-electron chi connectivity index (χ1n) is 15.6. The van der Waals surface area contributed by atoms with Crippen LogP contribution in [0.1, 0.15) is 133 Å². The molecule has 0 aromatic carbocycles. The van der Waals surface area contributed by atoms with Crippen LogP contribution in [0.5, 0.6) is 0 Å². The SMILES string of the molecule is CC(C)=CCC/C(C)=C/CC/C(C)=C/C=C/C(C)=C\C=C\C=C(/C)CC/C=C(\C)CC/C=C(\C)CCC=C(C)C. The van der Waals surface area contributed by atoms with Gasteiger partial charge in [0.2, 0.25) is 0 Å². The highest BCUT2D eigenvalue weighted by Crippen LogP contribution is 2.14. The van der Waals surface area contributed by atoms with Crippen molar-refractivity contribution in [3.8, 4) is 0 Å². The van der Waals surface area contributed by atoms with Crippen LogP contribution < -0.4 is 0 Å². The molecular weight excluding hydrogens is 480 g/mol. The maximum atomic E-state index is 2.42. The van der Waals surface area contributed by atoms with Gasteiger partial charge in [-0.05, 0) is 133 Å². The molecule has 0 aliphatic rings. The minimum Gasteiger partial charge on any atom is -0.0856 e. The van der Waals surface area contributed by atoms with Gasteiger partial charge < -0.3 is 0 Å². The predicted octanol–water partition coefficient (Wildman–Crippen LogP) is 13.6. The molecule has 0 bridgehead atoms. The molecule has 0 saturated carbocycles. The number of rotatable bonds is 19. The molecule has 0 amide bonds. The quantitative estimate of drug-likeness (QED) is 0.112. The molecule has 0 heterocycles. The van der Waals surface area contributed by atoms with Gasteiger partial charge in [0.25, 0.3) is 0 Å². The Morgan fingerprint density at radius 1 is 0.350 bits per heavy atom. The maximum Gasteiger partial charge on any atom is -0.0285 e. The van der Waals surface area contributed by atoms with E-state index in [1.54, 1.807) is 0 Å². The molecule has 40 heavy (non-hydrogen) atoms. The highest BCUT2D eigenvalue weighted by molar-refractivity contribution is 5.27. The Labute approximate surface area is 250 Å². The van der Waals surface area contributed by atoms with Gasteiger partial charge in [-0.1, -0.05) is 117 Å². The second-order valence-corrected chi connectivity index (χ2v) is 12.1. The van der Waals surface area contributed by atoms with E-state index in [1.807, 2.05) is 0 Å².